The molecule has 1 rings (SSSR count). The van der Waals surface area contributed by atoms with Gasteiger partial charge in [0.25, 0.3) is 0 Å². The SMILES string of the molecule is CCN(CC)c1ccc(C)c(O)c1O. The molecule has 14 heavy (non-hydrogen) atoms. The van der Waals surface area contributed by atoms with Gasteiger partial charge in [-0.05, 0) is 32.4 Å². The van der Waals surface area contributed by atoms with Crippen LogP contribution in [0.3, 0.4) is 0 Å². The highest BCUT2D eigenvalue weighted by Crippen LogP contribution is 2.37. The Morgan fingerprint density at radius 3 is 2.14 bits per heavy atom. The summed E-state index contributed by atoms with van der Waals surface area (Å²) in [6.07, 6.45) is 0. The molecule has 0 aromatic heterocycles. The van der Waals surface area contributed by atoms with Gasteiger partial charge in [0.15, 0.2) is 11.5 Å². The van der Waals surface area contributed by atoms with E-state index in [9.17, 15) is 10.2 Å². The molecule has 1 aromatic carbocycles. The van der Waals surface area contributed by atoms with Crippen LogP contribution in [0, 0.1) is 6.92 Å². The largest absolute Gasteiger partial charge is 0.504 e. The van der Waals surface area contributed by atoms with Crippen molar-refractivity contribution in [3.8, 4) is 11.5 Å². The molecule has 0 unspecified atom stereocenters. The fourth-order valence-electron chi connectivity index (χ4n) is 1.49. The third kappa shape index (κ3) is 1.76. The van der Waals surface area contributed by atoms with Gasteiger partial charge in [-0.2, -0.15) is 0 Å². The van der Waals surface area contributed by atoms with Crippen LogP contribution in [0.1, 0.15) is 19.4 Å². The molecule has 3 nitrogen and oxygen atoms in total. The Bertz CT molecular complexity index is 319. The van der Waals surface area contributed by atoms with Crippen LogP contribution in [-0.4, -0.2) is 23.3 Å². The predicted molar refractivity (Wildman–Crippen MR) is 58.1 cm³/mol. The van der Waals surface area contributed by atoms with Gasteiger partial charge >= 0.3 is 0 Å². The topological polar surface area (TPSA) is 43.7 Å². The molecule has 1 aromatic rings. The van der Waals surface area contributed by atoms with Crippen molar-refractivity contribution in [1.82, 2.24) is 0 Å². The summed E-state index contributed by atoms with van der Waals surface area (Å²) in [5.41, 5.74) is 1.39. The van der Waals surface area contributed by atoms with Gasteiger partial charge in [-0.1, -0.05) is 6.07 Å². The molecule has 3 heteroatoms. The summed E-state index contributed by atoms with van der Waals surface area (Å²) >= 11 is 0. The fraction of sp³-hybridized carbons (Fsp3) is 0.455. The number of hydrogen-bond acceptors (Lipinski definition) is 3. The molecule has 78 valence electrons. The predicted octanol–water partition coefficient (Wildman–Crippen LogP) is 2.25. The van der Waals surface area contributed by atoms with Gasteiger partial charge in [-0.15, -0.1) is 0 Å². The van der Waals surface area contributed by atoms with Gasteiger partial charge < -0.3 is 15.1 Å². The lowest BCUT2D eigenvalue weighted by molar-refractivity contribution is 0.401. The average Bonchev–Trinajstić information content (AvgIpc) is 2.19. The zero-order valence-corrected chi connectivity index (χ0v) is 8.91. The smallest absolute Gasteiger partial charge is 0.181 e. The van der Waals surface area contributed by atoms with Gasteiger partial charge in [-0.25, -0.2) is 0 Å². The maximum Gasteiger partial charge on any atom is 0.181 e. The third-order valence-electron chi connectivity index (χ3n) is 2.44. The first-order valence-corrected chi connectivity index (χ1v) is 4.88. The van der Waals surface area contributed by atoms with Crippen LogP contribution in [0.15, 0.2) is 12.1 Å². The van der Waals surface area contributed by atoms with E-state index in [1.165, 1.54) is 0 Å². The number of anilines is 1. The summed E-state index contributed by atoms with van der Waals surface area (Å²) in [6, 6.07) is 3.64. The highest BCUT2D eigenvalue weighted by atomic mass is 16.3. The van der Waals surface area contributed by atoms with Crippen molar-refractivity contribution in [2.45, 2.75) is 20.8 Å². The Morgan fingerprint density at radius 1 is 1.07 bits per heavy atom. The fourth-order valence-corrected chi connectivity index (χ4v) is 1.49. The first-order chi connectivity index (χ1) is 6.61. The van der Waals surface area contributed by atoms with Crippen molar-refractivity contribution in [3.63, 3.8) is 0 Å². The van der Waals surface area contributed by atoms with Gasteiger partial charge in [0.2, 0.25) is 0 Å². The highest BCUT2D eigenvalue weighted by Gasteiger charge is 2.12. The van der Waals surface area contributed by atoms with E-state index in [0.717, 1.165) is 13.1 Å². The standard InChI is InChI=1S/C11H17NO2/c1-4-12(5-2)9-7-6-8(3)10(13)11(9)14/h6-7,13-14H,4-5H2,1-3H3. The minimum absolute atomic E-state index is 0.0191. The van der Waals surface area contributed by atoms with E-state index in [1.807, 2.05) is 30.9 Å². The number of phenolic OH excluding ortho intramolecular Hbond substituents is 2. The molecule has 2 N–H and O–H groups in total. The molecule has 0 atom stereocenters. The van der Waals surface area contributed by atoms with Gasteiger partial charge in [-0.3, -0.25) is 0 Å². The molecule has 0 aliphatic carbocycles. The normalized spacial score (nSPS) is 10.2. The van der Waals surface area contributed by atoms with Crippen LogP contribution in [0.4, 0.5) is 5.69 Å². The maximum atomic E-state index is 9.72. The summed E-state index contributed by atoms with van der Waals surface area (Å²) in [6.45, 7) is 7.42. The number of nitrogens with zero attached hydrogens (tertiary/aromatic N) is 1. The molecular formula is C11H17NO2. The molecule has 0 aliphatic heterocycles. The minimum Gasteiger partial charge on any atom is -0.504 e. The zero-order valence-electron chi connectivity index (χ0n) is 8.91. The molecular weight excluding hydrogens is 178 g/mol. The first-order valence-electron chi connectivity index (χ1n) is 4.88. The van der Waals surface area contributed by atoms with Crippen LogP contribution in [0.25, 0.3) is 0 Å². The van der Waals surface area contributed by atoms with E-state index in [-0.39, 0.29) is 11.5 Å². The van der Waals surface area contributed by atoms with Crippen LogP contribution in [-0.2, 0) is 0 Å². The molecule has 0 saturated heterocycles. The molecule has 0 aliphatic rings. The molecule has 0 amide bonds. The molecule has 0 radical (unpaired) electrons. The summed E-state index contributed by atoms with van der Waals surface area (Å²) in [5, 5.41) is 19.3. The minimum atomic E-state index is -0.0197. The number of phenols is 2. The second-order valence-electron chi connectivity index (χ2n) is 3.27. The van der Waals surface area contributed by atoms with Crippen LogP contribution < -0.4 is 4.90 Å². The van der Waals surface area contributed by atoms with Crippen molar-refractivity contribution in [1.29, 1.82) is 0 Å². The van der Waals surface area contributed by atoms with E-state index in [0.29, 0.717) is 11.3 Å². The number of aromatic hydroxyl groups is 2. The summed E-state index contributed by atoms with van der Waals surface area (Å²) in [4.78, 5) is 1.99. The lowest BCUT2D eigenvalue weighted by atomic mass is 10.1. The van der Waals surface area contributed by atoms with Crippen LogP contribution in [0.2, 0.25) is 0 Å². The Morgan fingerprint density at radius 2 is 1.64 bits per heavy atom. The molecule has 0 fully saturated rings. The highest BCUT2D eigenvalue weighted by molar-refractivity contribution is 5.65. The molecule has 0 bridgehead atoms. The maximum absolute atomic E-state index is 9.72. The van der Waals surface area contributed by atoms with E-state index in [1.54, 1.807) is 6.92 Å². The molecule has 0 spiro atoms. The van der Waals surface area contributed by atoms with Crippen molar-refractivity contribution >= 4 is 5.69 Å². The number of benzene rings is 1. The van der Waals surface area contributed by atoms with Gasteiger partial charge in [0.1, 0.15) is 0 Å². The Balaban J connectivity index is 3.16. The molecule has 0 heterocycles. The van der Waals surface area contributed by atoms with Crippen LogP contribution >= 0.6 is 0 Å². The lowest BCUT2D eigenvalue weighted by Crippen LogP contribution is -2.21. The second-order valence-corrected chi connectivity index (χ2v) is 3.27. The Labute approximate surface area is 84.6 Å². The quantitative estimate of drug-likeness (QED) is 0.727. The zero-order chi connectivity index (χ0) is 10.7. The van der Waals surface area contributed by atoms with Crippen molar-refractivity contribution < 1.29 is 10.2 Å². The van der Waals surface area contributed by atoms with E-state index >= 15 is 0 Å². The van der Waals surface area contributed by atoms with Gasteiger partial charge in [0, 0.05) is 13.1 Å². The summed E-state index contributed by atoms with van der Waals surface area (Å²) < 4.78 is 0. The number of rotatable bonds is 3. The van der Waals surface area contributed by atoms with Crippen molar-refractivity contribution in [3.05, 3.63) is 17.7 Å². The third-order valence-corrected chi connectivity index (χ3v) is 2.44. The van der Waals surface area contributed by atoms with Crippen LogP contribution in [0.5, 0.6) is 11.5 Å². The Hall–Kier alpha value is -1.38. The summed E-state index contributed by atoms with van der Waals surface area (Å²) in [7, 11) is 0. The monoisotopic (exact) mass is 195 g/mol. The number of aryl methyl sites for hydroxylation is 1. The first kappa shape index (κ1) is 10.7. The summed E-state index contributed by atoms with van der Waals surface area (Å²) in [5.74, 6) is -0.0388. The van der Waals surface area contributed by atoms with Crippen molar-refractivity contribution in [2.24, 2.45) is 0 Å². The van der Waals surface area contributed by atoms with E-state index in [4.69, 9.17) is 0 Å². The van der Waals surface area contributed by atoms with E-state index in [2.05, 4.69) is 0 Å². The van der Waals surface area contributed by atoms with Gasteiger partial charge in [0.05, 0.1) is 5.69 Å². The Kier molecular flexibility index (Phi) is 3.23. The van der Waals surface area contributed by atoms with E-state index < -0.39 is 0 Å². The molecule has 0 saturated carbocycles. The lowest BCUT2D eigenvalue weighted by Gasteiger charge is -2.22. The van der Waals surface area contributed by atoms with Crippen molar-refractivity contribution in [2.75, 3.05) is 18.0 Å². The average molecular weight is 195 g/mol. The number of hydrogen-bond donors (Lipinski definition) is 2. The second kappa shape index (κ2) is 4.22.